The van der Waals surface area contributed by atoms with Crippen molar-refractivity contribution < 1.29 is 9.53 Å². The second-order valence-corrected chi connectivity index (χ2v) is 8.73. The van der Waals surface area contributed by atoms with Gasteiger partial charge in [-0.3, -0.25) is 4.79 Å². The summed E-state index contributed by atoms with van der Waals surface area (Å²) in [6, 6.07) is 23.1. The van der Waals surface area contributed by atoms with E-state index in [1.54, 1.807) is 37.6 Å². The number of aryl methyl sites for hydroxylation is 1. The van der Waals surface area contributed by atoms with Gasteiger partial charge in [0.1, 0.15) is 17.1 Å². The third kappa shape index (κ3) is 4.66. The molecule has 0 unspecified atom stereocenters. The minimum atomic E-state index is -0.256. The number of benzene rings is 3. The number of amides is 1. The van der Waals surface area contributed by atoms with E-state index >= 15 is 0 Å². The maximum absolute atomic E-state index is 13.2. The molecule has 1 atom stereocenters. The molecule has 0 spiro atoms. The van der Waals surface area contributed by atoms with E-state index in [9.17, 15) is 4.79 Å². The van der Waals surface area contributed by atoms with E-state index in [2.05, 4.69) is 53.0 Å². The van der Waals surface area contributed by atoms with Crippen LogP contribution in [-0.2, 0) is 6.42 Å². The smallest absolute Gasteiger partial charge is 0.261 e. The molecule has 6 nitrogen and oxygen atoms in total. The van der Waals surface area contributed by atoms with Gasteiger partial charge in [-0.25, -0.2) is 4.68 Å². The predicted molar refractivity (Wildman–Crippen MR) is 140 cm³/mol. The maximum atomic E-state index is 13.2. The molecule has 1 aliphatic heterocycles. The fraction of sp³-hybridized carbons (Fsp3) is 0.143. The number of nitrogens with one attached hydrogen (secondary N) is 2. The lowest BCUT2D eigenvalue weighted by molar-refractivity contribution is 0.102. The molecule has 5 rings (SSSR count). The van der Waals surface area contributed by atoms with Gasteiger partial charge in [0.15, 0.2) is 0 Å². The normalized spacial score (nSPS) is 14.5. The Balaban J connectivity index is 1.55. The van der Waals surface area contributed by atoms with Crippen LogP contribution in [0.5, 0.6) is 5.75 Å². The van der Waals surface area contributed by atoms with Crippen LogP contribution in [0.4, 0.5) is 11.5 Å². The highest BCUT2D eigenvalue weighted by Gasteiger charge is 2.28. The van der Waals surface area contributed by atoms with Gasteiger partial charge in [-0.05, 0) is 65.6 Å². The van der Waals surface area contributed by atoms with Crippen molar-refractivity contribution in [3.8, 4) is 5.75 Å². The van der Waals surface area contributed by atoms with Gasteiger partial charge in [0, 0.05) is 16.4 Å². The zero-order chi connectivity index (χ0) is 24.4. The zero-order valence-electron chi connectivity index (χ0n) is 19.5. The Kier molecular flexibility index (Phi) is 6.29. The molecule has 1 amide bonds. The third-order valence-electron chi connectivity index (χ3n) is 6.09. The van der Waals surface area contributed by atoms with E-state index in [0.29, 0.717) is 22.1 Å². The zero-order valence-corrected chi connectivity index (χ0v) is 20.2. The Bertz CT molecular complexity index is 1390. The first-order valence-corrected chi connectivity index (χ1v) is 11.8. The molecular formula is C28H25ClN4O2. The van der Waals surface area contributed by atoms with Crippen LogP contribution in [-0.4, -0.2) is 22.8 Å². The number of hydrogen-bond donors (Lipinski definition) is 2. The average molecular weight is 485 g/mol. The first-order chi connectivity index (χ1) is 17.1. The fourth-order valence-electron chi connectivity index (χ4n) is 4.14. The minimum Gasteiger partial charge on any atom is -0.497 e. The lowest BCUT2D eigenvalue weighted by atomic mass is 10.00. The SMILES string of the molecule is CCc1ccc(C2=C[C@H](c3cccc(OC)c3)n3ncc(C(=O)Nc4ccc(Cl)cc4)c3N2)cc1. The highest BCUT2D eigenvalue weighted by atomic mass is 35.5. The van der Waals surface area contributed by atoms with Gasteiger partial charge in [0.05, 0.1) is 19.3 Å². The summed E-state index contributed by atoms with van der Waals surface area (Å²) in [5, 5.41) is 11.6. The van der Waals surface area contributed by atoms with Crippen molar-refractivity contribution in [2.45, 2.75) is 19.4 Å². The van der Waals surface area contributed by atoms with E-state index in [0.717, 1.165) is 29.0 Å². The predicted octanol–water partition coefficient (Wildman–Crippen LogP) is 6.42. The molecule has 0 saturated carbocycles. The summed E-state index contributed by atoms with van der Waals surface area (Å²) < 4.78 is 7.28. The van der Waals surface area contributed by atoms with Crippen molar-refractivity contribution >= 4 is 34.7 Å². The molecule has 7 heteroatoms. The number of aromatic nitrogens is 2. The number of allylic oxidation sites excluding steroid dienone is 1. The quantitative estimate of drug-likeness (QED) is 0.331. The number of hydrogen-bond acceptors (Lipinski definition) is 4. The van der Waals surface area contributed by atoms with E-state index < -0.39 is 0 Å². The molecule has 2 heterocycles. The van der Waals surface area contributed by atoms with E-state index in [1.165, 1.54) is 5.56 Å². The van der Waals surface area contributed by atoms with E-state index in [-0.39, 0.29) is 11.9 Å². The summed E-state index contributed by atoms with van der Waals surface area (Å²) in [5.41, 5.74) is 5.32. The number of anilines is 2. The van der Waals surface area contributed by atoms with Crippen molar-refractivity contribution in [1.82, 2.24) is 9.78 Å². The topological polar surface area (TPSA) is 68.2 Å². The highest BCUT2D eigenvalue weighted by molar-refractivity contribution is 6.30. The Labute approximate surface area is 209 Å². The van der Waals surface area contributed by atoms with Crippen molar-refractivity contribution in [2.24, 2.45) is 0 Å². The summed E-state index contributed by atoms with van der Waals surface area (Å²) in [7, 11) is 1.65. The average Bonchev–Trinajstić information content (AvgIpc) is 3.34. The summed E-state index contributed by atoms with van der Waals surface area (Å²) in [6.45, 7) is 2.14. The van der Waals surface area contributed by atoms with Crippen LogP contribution in [0.15, 0.2) is 85.1 Å². The first kappa shape index (κ1) is 22.7. The van der Waals surface area contributed by atoms with E-state index in [1.807, 2.05) is 28.9 Å². The number of halogens is 1. The molecule has 35 heavy (non-hydrogen) atoms. The Morgan fingerprint density at radius 2 is 1.89 bits per heavy atom. The molecular weight excluding hydrogens is 460 g/mol. The number of carbonyl (C=O) groups excluding carboxylic acids is 1. The second-order valence-electron chi connectivity index (χ2n) is 8.29. The molecule has 2 N–H and O–H groups in total. The number of methoxy groups -OCH3 is 1. The summed E-state index contributed by atoms with van der Waals surface area (Å²) >= 11 is 5.98. The van der Waals surface area contributed by atoms with Crippen LogP contribution in [0.2, 0.25) is 5.02 Å². The van der Waals surface area contributed by atoms with Crippen molar-refractivity contribution in [3.63, 3.8) is 0 Å². The molecule has 0 bridgehead atoms. The van der Waals surface area contributed by atoms with Crippen molar-refractivity contribution in [1.29, 1.82) is 0 Å². The maximum Gasteiger partial charge on any atom is 0.261 e. The van der Waals surface area contributed by atoms with Gasteiger partial charge < -0.3 is 15.4 Å². The van der Waals surface area contributed by atoms with Gasteiger partial charge in [0.25, 0.3) is 5.91 Å². The molecule has 0 saturated heterocycles. The van der Waals surface area contributed by atoms with Crippen molar-refractivity contribution in [3.05, 3.63) is 112 Å². The summed E-state index contributed by atoms with van der Waals surface area (Å²) in [6.07, 6.45) is 4.69. The van der Waals surface area contributed by atoms with Gasteiger partial charge >= 0.3 is 0 Å². The highest BCUT2D eigenvalue weighted by Crippen LogP contribution is 2.36. The molecule has 0 aliphatic carbocycles. The first-order valence-electron chi connectivity index (χ1n) is 11.4. The molecule has 3 aromatic carbocycles. The molecule has 176 valence electrons. The van der Waals surface area contributed by atoms with Crippen molar-refractivity contribution in [2.75, 3.05) is 17.7 Å². The van der Waals surface area contributed by atoms with Gasteiger partial charge in [-0.2, -0.15) is 5.10 Å². The van der Waals surface area contributed by atoms with E-state index in [4.69, 9.17) is 16.3 Å². The Morgan fingerprint density at radius 1 is 1.11 bits per heavy atom. The molecule has 0 radical (unpaired) electrons. The van der Waals surface area contributed by atoms with Crippen LogP contribution in [0, 0.1) is 0 Å². The molecule has 0 fully saturated rings. The molecule has 1 aromatic heterocycles. The number of ether oxygens (including phenoxy) is 1. The Morgan fingerprint density at radius 3 is 2.60 bits per heavy atom. The van der Waals surface area contributed by atoms with Crippen LogP contribution < -0.4 is 15.4 Å². The second kappa shape index (κ2) is 9.68. The van der Waals surface area contributed by atoms with Gasteiger partial charge in [-0.15, -0.1) is 0 Å². The molecule has 1 aliphatic rings. The third-order valence-corrected chi connectivity index (χ3v) is 6.34. The minimum absolute atomic E-state index is 0.223. The standard InChI is InChI=1S/C28H25ClN4O2/c1-3-18-7-9-19(10-8-18)25-16-26(20-5-4-6-23(15-20)35-2)33-27(32-25)24(17-30-33)28(34)31-22-13-11-21(29)12-14-22/h4-17,26,32H,3H2,1-2H3,(H,31,34)/t26-/m1/s1. The Hall–Kier alpha value is -4.03. The van der Waals surface area contributed by atoms with Crippen LogP contribution >= 0.6 is 11.6 Å². The monoisotopic (exact) mass is 484 g/mol. The summed E-state index contributed by atoms with van der Waals surface area (Å²) in [4.78, 5) is 13.2. The number of rotatable bonds is 6. The lowest BCUT2D eigenvalue weighted by Crippen LogP contribution is -2.22. The summed E-state index contributed by atoms with van der Waals surface area (Å²) in [5.74, 6) is 1.13. The largest absolute Gasteiger partial charge is 0.497 e. The van der Waals surface area contributed by atoms with Gasteiger partial charge in [-0.1, -0.05) is 54.9 Å². The van der Waals surface area contributed by atoms with Gasteiger partial charge in [0.2, 0.25) is 0 Å². The number of nitrogens with zero attached hydrogens (tertiary/aromatic N) is 2. The van der Waals surface area contributed by atoms with Crippen LogP contribution in [0.1, 0.15) is 40.0 Å². The fourth-order valence-corrected chi connectivity index (χ4v) is 4.27. The number of carbonyl (C=O) groups is 1. The van der Waals surface area contributed by atoms with Crippen LogP contribution in [0.25, 0.3) is 5.70 Å². The lowest BCUT2D eigenvalue weighted by Gasteiger charge is -2.26. The van der Waals surface area contributed by atoms with Crippen LogP contribution in [0.3, 0.4) is 0 Å². The number of fused-ring (bicyclic) bond motifs is 1. The molecule has 4 aromatic rings.